The van der Waals surface area contributed by atoms with Gasteiger partial charge in [-0.05, 0) is 36.6 Å². The van der Waals surface area contributed by atoms with Gasteiger partial charge in [0.2, 0.25) is 0 Å². The van der Waals surface area contributed by atoms with Gasteiger partial charge in [-0.15, -0.1) is 0 Å². The highest BCUT2D eigenvalue weighted by Gasteiger charge is 2.10. The number of carboxylic acids is 1. The molecule has 0 amide bonds. The average Bonchev–Trinajstić information content (AvgIpc) is 2.46. The zero-order chi connectivity index (χ0) is 14.5. The molecule has 2 aromatic rings. The zero-order valence-electron chi connectivity index (χ0n) is 11.3. The van der Waals surface area contributed by atoms with Crippen LogP contribution in [0.4, 0.5) is 0 Å². The van der Waals surface area contributed by atoms with E-state index >= 15 is 0 Å². The summed E-state index contributed by atoms with van der Waals surface area (Å²) in [6, 6.07) is 14.1. The SMILES string of the molecule is Cc1ccccc1CCC(=O)c1cccc(C(=O)O)c1. The predicted molar refractivity (Wildman–Crippen MR) is 77.2 cm³/mol. The molecule has 0 atom stereocenters. The molecule has 20 heavy (non-hydrogen) atoms. The predicted octanol–water partition coefficient (Wildman–Crippen LogP) is 3.51. The van der Waals surface area contributed by atoms with Crippen molar-refractivity contribution in [2.75, 3.05) is 0 Å². The van der Waals surface area contributed by atoms with E-state index < -0.39 is 5.97 Å². The van der Waals surface area contributed by atoms with Crippen LogP contribution in [0.15, 0.2) is 48.5 Å². The van der Waals surface area contributed by atoms with Crippen LogP contribution in [0.3, 0.4) is 0 Å². The number of rotatable bonds is 5. The normalized spacial score (nSPS) is 10.2. The Labute approximate surface area is 117 Å². The first kappa shape index (κ1) is 14.0. The van der Waals surface area contributed by atoms with E-state index in [4.69, 9.17) is 5.11 Å². The molecule has 0 saturated heterocycles. The molecular weight excluding hydrogens is 252 g/mol. The Hall–Kier alpha value is -2.42. The number of hydrogen-bond acceptors (Lipinski definition) is 2. The molecule has 0 aliphatic rings. The van der Waals surface area contributed by atoms with Gasteiger partial charge in [-0.1, -0.05) is 36.4 Å². The monoisotopic (exact) mass is 268 g/mol. The van der Waals surface area contributed by atoms with Gasteiger partial charge in [0, 0.05) is 12.0 Å². The summed E-state index contributed by atoms with van der Waals surface area (Å²) in [5.41, 5.74) is 2.92. The van der Waals surface area contributed by atoms with Crippen LogP contribution in [0.2, 0.25) is 0 Å². The van der Waals surface area contributed by atoms with E-state index in [-0.39, 0.29) is 11.3 Å². The van der Waals surface area contributed by atoms with Gasteiger partial charge in [0.1, 0.15) is 0 Å². The molecular formula is C17H16O3. The van der Waals surface area contributed by atoms with E-state index in [1.165, 1.54) is 17.7 Å². The number of Topliss-reactive ketones (excluding diaryl/α,β-unsaturated/α-hetero) is 1. The van der Waals surface area contributed by atoms with E-state index in [1.807, 2.05) is 31.2 Å². The summed E-state index contributed by atoms with van der Waals surface area (Å²) in [5.74, 6) is -1.05. The Bertz CT molecular complexity index is 644. The van der Waals surface area contributed by atoms with Gasteiger partial charge in [-0.25, -0.2) is 4.79 Å². The molecule has 0 aliphatic heterocycles. The summed E-state index contributed by atoms with van der Waals surface area (Å²) < 4.78 is 0. The van der Waals surface area contributed by atoms with Crippen LogP contribution in [0, 0.1) is 6.92 Å². The topological polar surface area (TPSA) is 54.4 Å². The molecule has 0 fully saturated rings. The molecule has 102 valence electrons. The lowest BCUT2D eigenvalue weighted by atomic mass is 9.99. The molecule has 0 aromatic heterocycles. The fourth-order valence-corrected chi connectivity index (χ4v) is 2.11. The highest BCUT2D eigenvalue weighted by Crippen LogP contribution is 2.13. The molecule has 3 heteroatoms. The second-order valence-electron chi connectivity index (χ2n) is 4.74. The molecule has 3 nitrogen and oxygen atoms in total. The van der Waals surface area contributed by atoms with Crippen molar-refractivity contribution in [3.63, 3.8) is 0 Å². The van der Waals surface area contributed by atoms with Gasteiger partial charge < -0.3 is 5.11 Å². The Morgan fingerprint density at radius 3 is 2.40 bits per heavy atom. The summed E-state index contributed by atoms with van der Waals surface area (Å²) in [6.45, 7) is 2.02. The minimum atomic E-state index is -1.02. The third-order valence-corrected chi connectivity index (χ3v) is 3.31. The molecule has 0 aliphatic carbocycles. The number of aromatic carboxylic acids is 1. The first-order valence-corrected chi connectivity index (χ1v) is 6.49. The molecule has 0 heterocycles. The Morgan fingerprint density at radius 2 is 1.70 bits per heavy atom. The molecule has 0 radical (unpaired) electrons. The fourth-order valence-electron chi connectivity index (χ4n) is 2.11. The molecule has 0 saturated carbocycles. The number of carboxylic acid groups (broad SMARTS) is 1. The number of benzene rings is 2. The molecule has 0 bridgehead atoms. The number of carbonyl (C=O) groups excluding carboxylic acids is 1. The van der Waals surface area contributed by atoms with Crippen LogP contribution < -0.4 is 0 Å². The van der Waals surface area contributed by atoms with Gasteiger partial charge in [-0.3, -0.25) is 4.79 Å². The number of aryl methyl sites for hydroxylation is 2. The van der Waals surface area contributed by atoms with E-state index in [0.717, 1.165) is 5.56 Å². The smallest absolute Gasteiger partial charge is 0.335 e. The van der Waals surface area contributed by atoms with Crippen LogP contribution in [0.25, 0.3) is 0 Å². The quantitative estimate of drug-likeness (QED) is 0.844. The van der Waals surface area contributed by atoms with Crippen LogP contribution >= 0.6 is 0 Å². The van der Waals surface area contributed by atoms with Crippen molar-refractivity contribution >= 4 is 11.8 Å². The lowest BCUT2D eigenvalue weighted by molar-refractivity contribution is 0.0697. The molecule has 2 aromatic carbocycles. The van der Waals surface area contributed by atoms with Crippen LogP contribution in [0.5, 0.6) is 0 Å². The summed E-state index contributed by atoms with van der Waals surface area (Å²) in [5, 5.41) is 8.92. The van der Waals surface area contributed by atoms with Gasteiger partial charge in [0.05, 0.1) is 5.56 Å². The maximum Gasteiger partial charge on any atom is 0.335 e. The second kappa shape index (κ2) is 6.15. The minimum Gasteiger partial charge on any atom is -0.478 e. The summed E-state index contributed by atoms with van der Waals surface area (Å²) in [6.07, 6.45) is 1.05. The van der Waals surface area contributed by atoms with E-state index in [2.05, 4.69) is 0 Å². The van der Waals surface area contributed by atoms with Crippen LogP contribution in [0.1, 0.15) is 38.3 Å². The van der Waals surface area contributed by atoms with Crippen molar-refractivity contribution in [1.29, 1.82) is 0 Å². The summed E-state index contributed by atoms with van der Waals surface area (Å²) in [4.78, 5) is 23.0. The van der Waals surface area contributed by atoms with Gasteiger partial charge in [0.15, 0.2) is 5.78 Å². The molecule has 0 unspecified atom stereocenters. The third kappa shape index (κ3) is 3.32. The van der Waals surface area contributed by atoms with Crippen molar-refractivity contribution in [3.8, 4) is 0 Å². The first-order valence-electron chi connectivity index (χ1n) is 6.49. The minimum absolute atomic E-state index is 0.0312. The van der Waals surface area contributed by atoms with Crippen molar-refractivity contribution < 1.29 is 14.7 Å². The number of ketones is 1. The van der Waals surface area contributed by atoms with Gasteiger partial charge >= 0.3 is 5.97 Å². The Balaban J connectivity index is 2.07. The first-order chi connectivity index (χ1) is 9.58. The second-order valence-corrected chi connectivity index (χ2v) is 4.74. The van der Waals surface area contributed by atoms with Gasteiger partial charge in [-0.2, -0.15) is 0 Å². The zero-order valence-corrected chi connectivity index (χ0v) is 11.3. The Morgan fingerprint density at radius 1 is 1.00 bits per heavy atom. The standard InChI is InChI=1S/C17H16O3/c1-12-5-2-3-6-13(12)9-10-16(18)14-7-4-8-15(11-14)17(19)20/h2-8,11H,9-10H2,1H3,(H,19,20). The highest BCUT2D eigenvalue weighted by atomic mass is 16.4. The lowest BCUT2D eigenvalue weighted by Crippen LogP contribution is -2.04. The van der Waals surface area contributed by atoms with Gasteiger partial charge in [0.25, 0.3) is 0 Å². The largest absolute Gasteiger partial charge is 0.478 e. The summed E-state index contributed by atoms with van der Waals surface area (Å²) >= 11 is 0. The Kier molecular flexibility index (Phi) is 4.31. The fraction of sp³-hybridized carbons (Fsp3) is 0.176. The van der Waals surface area contributed by atoms with Crippen LogP contribution in [-0.4, -0.2) is 16.9 Å². The van der Waals surface area contributed by atoms with Crippen molar-refractivity contribution in [2.45, 2.75) is 19.8 Å². The van der Waals surface area contributed by atoms with Crippen molar-refractivity contribution in [1.82, 2.24) is 0 Å². The maximum atomic E-state index is 12.1. The van der Waals surface area contributed by atoms with Crippen LogP contribution in [-0.2, 0) is 6.42 Å². The maximum absolute atomic E-state index is 12.1. The van der Waals surface area contributed by atoms with Crippen molar-refractivity contribution in [2.24, 2.45) is 0 Å². The third-order valence-electron chi connectivity index (χ3n) is 3.31. The lowest BCUT2D eigenvalue weighted by Gasteiger charge is -2.05. The average molecular weight is 268 g/mol. The molecule has 0 spiro atoms. The number of hydrogen-bond donors (Lipinski definition) is 1. The van der Waals surface area contributed by atoms with E-state index in [0.29, 0.717) is 18.4 Å². The summed E-state index contributed by atoms with van der Waals surface area (Å²) in [7, 11) is 0. The number of carbonyl (C=O) groups is 2. The molecule has 1 N–H and O–H groups in total. The van der Waals surface area contributed by atoms with E-state index in [1.54, 1.807) is 12.1 Å². The van der Waals surface area contributed by atoms with Crippen molar-refractivity contribution in [3.05, 3.63) is 70.8 Å². The molecule has 2 rings (SSSR count). The van der Waals surface area contributed by atoms with E-state index in [9.17, 15) is 9.59 Å². The highest BCUT2D eigenvalue weighted by molar-refractivity contribution is 5.98.